The number of ether oxygens (including phenoxy) is 3. The molecule has 8 atom stereocenters. The Morgan fingerprint density at radius 2 is 1.62 bits per heavy atom. The third-order valence-electron chi connectivity index (χ3n) is 10.8. The van der Waals surface area contributed by atoms with Gasteiger partial charge in [-0.3, -0.25) is 4.79 Å². The number of carbonyl (C=O) groups is 1. The first-order valence-corrected chi connectivity index (χ1v) is 19.7. The number of carbonyl (C=O) groups excluding carboxylic acids is 1. The molecule has 2 aliphatic rings. The van der Waals surface area contributed by atoms with Crippen molar-refractivity contribution in [3.63, 3.8) is 0 Å². The number of esters is 1. The molecular weight excluding hydrogens is 605 g/mol. The number of hydrogen-bond acceptors (Lipinski definition) is 6. The molecule has 1 saturated heterocycles. The Balaban J connectivity index is 1.58. The Morgan fingerprint density at radius 1 is 1.02 bits per heavy atom. The first-order chi connectivity index (χ1) is 22.2. The van der Waals surface area contributed by atoms with E-state index < -0.39 is 19.7 Å². The standard InChI is InChI=1S/C40H60O6Si/c1-10-33(27-44-47(38(7,8)9,34-19-14-12-15-20-34)35-21-16-13-17-22-35)37-29(3)25-31(5)40(46-37)24-18-23-36(45-40)30(4)26-39(42,11-2)28-43-32(6)41/h12-22,24,29-31,33,36-37,42H,10-11,23,25-28H2,1-9H3/t29-,30+,31+,33-,36-,37-,39+,40-/m0/s1. The second kappa shape index (κ2) is 15.5. The van der Waals surface area contributed by atoms with Gasteiger partial charge in [-0.1, -0.05) is 122 Å². The molecule has 0 amide bonds. The number of benzene rings is 2. The molecule has 2 aliphatic heterocycles. The SMILES string of the molecule is CC[C@@H](CO[Si](c1ccccc1)(c1ccccc1)C(C)(C)C)[C@H]1O[C@@]2(C=CC[C@@H]([C@H](C)C[C@](O)(CC)COC(C)=O)O2)[C@H](C)C[C@@H]1C. The maximum Gasteiger partial charge on any atom is 0.302 e. The lowest BCUT2D eigenvalue weighted by atomic mass is 9.77. The summed E-state index contributed by atoms with van der Waals surface area (Å²) in [5.74, 6) is -0.493. The van der Waals surface area contributed by atoms with Crippen LogP contribution in [0, 0.1) is 23.7 Å². The van der Waals surface area contributed by atoms with Crippen LogP contribution < -0.4 is 10.4 Å². The lowest BCUT2D eigenvalue weighted by molar-refractivity contribution is -0.321. The fraction of sp³-hybridized carbons (Fsp3) is 0.625. The van der Waals surface area contributed by atoms with E-state index in [9.17, 15) is 9.90 Å². The number of aliphatic hydroxyl groups is 1. The molecular formula is C40H60O6Si. The molecule has 1 spiro atoms. The average Bonchev–Trinajstić information content (AvgIpc) is 3.05. The van der Waals surface area contributed by atoms with E-state index in [1.54, 1.807) is 0 Å². The molecule has 7 heteroatoms. The van der Waals surface area contributed by atoms with Crippen molar-refractivity contribution in [3.8, 4) is 0 Å². The zero-order valence-electron chi connectivity index (χ0n) is 30.3. The summed E-state index contributed by atoms with van der Waals surface area (Å²) in [4.78, 5) is 11.5. The summed E-state index contributed by atoms with van der Waals surface area (Å²) >= 11 is 0. The van der Waals surface area contributed by atoms with Crippen LogP contribution in [0.2, 0.25) is 5.04 Å². The third-order valence-corrected chi connectivity index (χ3v) is 15.8. The molecule has 0 aromatic heterocycles. The van der Waals surface area contributed by atoms with Crippen LogP contribution in [0.5, 0.6) is 0 Å². The molecule has 260 valence electrons. The smallest absolute Gasteiger partial charge is 0.302 e. The zero-order valence-corrected chi connectivity index (χ0v) is 31.3. The van der Waals surface area contributed by atoms with E-state index in [0.29, 0.717) is 25.4 Å². The van der Waals surface area contributed by atoms with Crippen molar-refractivity contribution < 1.29 is 28.5 Å². The lowest BCUT2D eigenvalue weighted by Crippen LogP contribution is -2.67. The van der Waals surface area contributed by atoms with Crippen LogP contribution in [-0.4, -0.2) is 56.2 Å². The summed E-state index contributed by atoms with van der Waals surface area (Å²) in [7, 11) is -2.70. The fourth-order valence-corrected chi connectivity index (χ4v) is 12.6. The summed E-state index contributed by atoms with van der Waals surface area (Å²) in [5, 5.41) is 13.7. The molecule has 47 heavy (non-hydrogen) atoms. The van der Waals surface area contributed by atoms with Crippen LogP contribution in [0.1, 0.15) is 94.4 Å². The van der Waals surface area contributed by atoms with Gasteiger partial charge >= 0.3 is 5.97 Å². The molecule has 4 rings (SSSR count). The summed E-state index contributed by atoms with van der Waals surface area (Å²) in [6.07, 6.45) is 7.81. The van der Waals surface area contributed by atoms with Crippen molar-refractivity contribution in [3.05, 3.63) is 72.8 Å². The van der Waals surface area contributed by atoms with Crippen LogP contribution in [0.3, 0.4) is 0 Å². The van der Waals surface area contributed by atoms with Gasteiger partial charge < -0.3 is 23.7 Å². The van der Waals surface area contributed by atoms with Gasteiger partial charge in [0.05, 0.1) is 17.8 Å². The van der Waals surface area contributed by atoms with Crippen molar-refractivity contribution in [2.24, 2.45) is 23.7 Å². The van der Waals surface area contributed by atoms with E-state index in [1.165, 1.54) is 17.3 Å². The molecule has 0 aliphatic carbocycles. The minimum atomic E-state index is -2.70. The molecule has 2 aromatic carbocycles. The van der Waals surface area contributed by atoms with Crippen molar-refractivity contribution in [2.75, 3.05) is 13.2 Å². The molecule has 0 radical (unpaired) electrons. The zero-order chi connectivity index (χ0) is 34.5. The van der Waals surface area contributed by atoms with Gasteiger partial charge in [-0.2, -0.15) is 0 Å². The largest absolute Gasteiger partial charge is 0.463 e. The average molecular weight is 665 g/mol. The maximum absolute atomic E-state index is 11.5. The fourth-order valence-electron chi connectivity index (χ4n) is 7.96. The topological polar surface area (TPSA) is 74.2 Å². The highest BCUT2D eigenvalue weighted by molar-refractivity contribution is 6.99. The predicted octanol–water partition coefficient (Wildman–Crippen LogP) is 7.42. The third kappa shape index (κ3) is 8.30. The highest BCUT2D eigenvalue weighted by Crippen LogP contribution is 2.46. The number of rotatable bonds is 13. The van der Waals surface area contributed by atoms with Gasteiger partial charge in [-0.05, 0) is 65.4 Å². The molecule has 0 bridgehead atoms. The highest BCUT2D eigenvalue weighted by Gasteiger charge is 2.53. The van der Waals surface area contributed by atoms with Gasteiger partial charge in [0, 0.05) is 25.4 Å². The first-order valence-electron chi connectivity index (χ1n) is 17.8. The van der Waals surface area contributed by atoms with Gasteiger partial charge in [-0.25, -0.2) is 0 Å². The van der Waals surface area contributed by atoms with Crippen molar-refractivity contribution in [1.82, 2.24) is 0 Å². The molecule has 2 heterocycles. The Hall–Kier alpha value is -2.29. The van der Waals surface area contributed by atoms with Crippen molar-refractivity contribution in [2.45, 2.75) is 123 Å². The van der Waals surface area contributed by atoms with Crippen LogP contribution in [0.15, 0.2) is 72.8 Å². The molecule has 0 saturated carbocycles. The van der Waals surface area contributed by atoms with Crippen LogP contribution in [-0.2, 0) is 23.4 Å². The maximum atomic E-state index is 11.5. The number of hydrogen-bond donors (Lipinski definition) is 1. The van der Waals surface area contributed by atoms with E-state index in [4.69, 9.17) is 18.6 Å². The van der Waals surface area contributed by atoms with Gasteiger partial charge in [0.15, 0.2) is 5.79 Å². The van der Waals surface area contributed by atoms with E-state index in [0.717, 1.165) is 19.3 Å². The summed E-state index contributed by atoms with van der Waals surface area (Å²) in [6.45, 7) is 19.8. The molecule has 6 nitrogen and oxygen atoms in total. The minimum Gasteiger partial charge on any atom is -0.463 e. The van der Waals surface area contributed by atoms with E-state index in [2.05, 4.69) is 121 Å². The summed E-state index contributed by atoms with van der Waals surface area (Å²) in [6, 6.07) is 21.7. The summed E-state index contributed by atoms with van der Waals surface area (Å²) in [5.41, 5.74) is -1.09. The second-order valence-corrected chi connectivity index (χ2v) is 19.7. The monoisotopic (exact) mass is 664 g/mol. The van der Waals surface area contributed by atoms with E-state index in [1.807, 2.05) is 6.92 Å². The Morgan fingerprint density at radius 3 is 2.13 bits per heavy atom. The van der Waals surface area contributed by atoms with Gasteiger partial charge in [0.2, 0.25) is 0 Å². The Labute approximate surface area is 285 Å². The van der Waals surface area contributed by atoms with Crippen molar-refractivity contribution >= 4 is 24.7 Å². The van der Waals surface area contributed by atoms with Crippen LogP contribution in [0.4, 0.5) is 0 Å². The van der Waals surface area contributed by atoms with Gasteiger partial charge in [0.25, 0.3) is 8.32 Å². The Bertz CT molecular complexity index is 1270. The molecule has 0 unspecified atom stereocenters. The van der Waals surface area contributed by atoms with E-state index in [-0.39, 0.29) is 47.6 Å². The molecule has 1 fully saturated rings. The highest BCUT2D eigenvalue weighted by atomic mass is 28.4. The Kier molecular flexibility index (Phi) is 12.4. The minimum absolute atomic E-state index is 0.00706. The normalized spacial score (nSPS) is 27.6. The molecule has 2 aromatic rings. The first kappa shape index (κ1) is 37.5. The lowest BCUT2D eigenvalue weighted by Gasteiger charge is -2.52. The van der Waals surface area contributed by atoms with Gasteiger partial charge in [-0.15, -0.1) is 0 Å². The van der Waals surface area contributed by atoms with E-state index >= 15 is 0 Å². The summed E-state index contributed by atoms with van der Waals surface area (Å²) < 4.78 is 26.8. The quantitative estimate of drug-likeness (QED) is 0.137. The second-order valence-electron chi connectivity index (χ2n) is 15.4. The predicted molar refractivity (Wildman–Crippen MR) is 192 cm³/mol. The van der Waals surface area contributed by atoms with Crippen LogP contribution >= 0.6 is 0 Å². The van der Waals surface area contributed by atoms with Crippen molar-refractivity contribution in [1.29, 1.82) is 0 Å². The van der Waals surface area contributed by atoms with Gasteiger partial charge in [0.1, 0.15) is 6.61 Å². The van der Waals surface area contributed by atoms with Crippen LogP contribution in [0.25, 0.3) is 0 Å². The molecule has 1 N–H and O–H groups in total.